The van der Waals surface area contributed by atoms with Crippen LogP contribution in [0, 0.1) is 11.3 Å². The molecule has 0 aromatic heterocycles. The number of amides is 1. The molecule has 1 amide bonds. The fourth-order valence-corrected chi connectivity index (χ4v) is 2.69. The summed E-state index contributed by atoms with van der Waals surface area (Å²) < 4.78 is 5.68. The summed E-state index contributed by atoms with van der Waals surface area (Å²) in [6.07, 6.45) is 1.75. The summed E-state index contributed by atoms with van der Waals surface area (Å²) in [7, 11) is -0.924. The van der Waals surface area contributed by atoms with E-state index in [1.807, 2.05) is 13.1 Å². The molecule has 0 aromatic rings. The fourth-order valence-electron chi connectivity index (χ4n) is 2.08. The van der Waals surface area contributed by atoms with Crippen LogP contribution in [-0.4, -0.2) is 32.6 Å². The van der Waals surface area contributed by atoms with Crippen molar-refractivity contribution in [3.8, 4) is 0 Å². The van der Waals surface area contributed by atoms with Gasteiger partial charge in [-0.25, -0.2) is 5.06 Å². The monoisotopic (exact) mass is 257 g/mol. The van der Waals surface area contributed by atoms with Gasteiger partial charge in [-0.15, -0.1) is 0 Å². The first kappa shape index (κ1) is 14.7. The van der Waals surface area contributed by atoms with Gasteiger partial charge in [0, 0.05) is 0 Å². The first-order valence-corrected chi connectivity index (χ1v) is 8.67. The van der Waals surface area contributed by atoms with E-state index in [-0.39, 0.29) is 11.3 Å². The summed E-state index contributed by atoms with van der Waals surface area (Å²) >= 11 is 0. The number of rotatable bonds is 2. The largest absolute Gasteiger partial charge is 0.320 e. The summed E-state index contributed by atoms with van der Waals surface area (Å²) in [6.45, 7) is 11.4. The van der Waals surface area contributed by atoms with Crippen LogP contribution in [0.1, 0.15) is 33.6 Å². The molecule has 0 bridgehead atoms. The number of hydroxylamine groups is 2. The van der Waals surface area contributed by atoms with Gasteiger partial charge in [0.15, 0.2) is 0 Å². The first-order valence-electron chi connectivity index (χ1n) is 6.27. The van der Waals surface area contributed by atoms with E-state index < -0.39 is 15.1 Å². The SMILES string of the molecule is C[Si](C)ON1C[C@@H](C(C)(C)C)CC[C@H](N)C1=O. The van der Waals surface area contributed by atoms with Crippen molar-refractivity contribution in [3.05, 3.63) is 0 Å². The third kappa shape index (κ3) is 4.08. The molecule has 1 radical (unpaired) electrons. The first-order chi connectivity index (χ1) is 7.71. The van der Waals surface area contributed by atoms with Crippen molar-refractivity contribution in [1.29, 1.82) is 0 Å². The molecule has 0 spiro atoms. The Morgan fingerprint density at radius 1 is 1.35 bits per heavy atom. The minimum absolute atomic E-state index is 0.0528. The van der Waals surface area contributed by atoms with Gasteiger partial charge in [0.25, 0.3) is 5.91 Å². The van der Waals surface area contributed by atoms with E-state index in [1.54, 1.807) is 0 Å². The Morgan fingerprint density at radius 2 is 1.94 bits per heavy atom. The molecule has 0 aliphatic carbocycles. The summed E-state index contributed by atoms with van der Waals surface area (Å²) in [6, 6.07) is -0.399. The Balaban J connectivity index is 2.81. The molecule has 1 fully saturated rings. The predicted octanol–water partition coefficient (Wildman–Crippen LogP) is 1.78. The number of carbonyl (C=O) groups excluding carboxylic acids is 1. The Kier molecular flexibility index (Phi) is 4.74. The number of nitrogens with two attached hydrogens (primary N) is 1. The van der Waals surface area contributed by atoms with E-state index in [4.69, 9.17) is 10.3 Å². The molecule has 2 atom stereocenters. The average Bonchev–Trinajstić information content (AvgIpc) is 2.29. The molecule has 1 aliphatic heterocycles. The standard InChI is InChI=1S/C12H25N2O2Si/c1-12(2,3)9-6-7-10(13)11(15)14(8-9)16-17(4)5/h9-10H,6-8,13H2,1-5H3/t9-,10-/m0/s1. The molecular weight excluding hydrogens is 232 g/mol. The molecule has 5 heteroatoms. The summed E-state index contributed by atoms with van der Waals surface area (Å²) in [4.78, 5) is 12.0. The number of carbonyl (C=O) groups is 1. The van der Waals surface area contributed by atoms with Crippen LogP contribution in [0.4, 0.5) is 0 Å². The normalized spacial score (nSPS) is 27.5. The van der Waals surface area contributed by atoms with Gasteiger partial charge in [0.05, 0.1) is 12.6 Å². The Labute approximate surface area is 106 Å². The fraction of sp³-hybridized carbons (Fsp3) is 0.917. The van der Waals surface area contributed by atoms with Crippen molar-refractivity contribution in [2.45, 2.75) is 52.7 Å². The topological polar surface area (TPSA) is 55.6 Å². The highest BCUT2D eigenvalue weighted by Gasteiger charge is 2.35. The lowest BCUT2D eigenvalue weighted by atomic mass is 9.78. The molecular formula is C12H25N2O2Si. The van der Waals surface area contributed by atoms with Crippen molar-refractivity contribution in [3.63, 3.8) is 0 Å². The quantitative estimate of drug-likeness (QED) is 0.767. The molecule has 0 aromatic carbocycles. The van der Waals surface area contributed by atoms with Gasteiger partial charge in [-0.1, -0.05) is 20.8 Å². The maximum atomic E-state index is 12.0. The van der Waals surface area contributed by atoms with E-state index in [0.29, 0.717) is 12.5 Å². The van der Waals surface area contributed by atoms with Gasteiger partial charge >= 0.3 is 0 Å². The Morgan fingerprint density at radius 3 is 2.41 bits per heavy atom. The van der Waals surface area contributed by atoms with Crippen molar-refractivity contribution >= 4 is 14.9 Å². The molecule has 4 nitrogen and oxygen atoms in total. The minimum Gasteiger partial charge on any atom is -0.320 e. The van der Waals surface area contributed by atoms with Crippen LogP contribution in [0.3, 0.4) is 0 Å². The van der Waals surface area contributed by atoms with Crippen LogP contribution in [0.25, 0.3) is 0 Å². The van der Waals surface area contributed by atoms with Gasteiger partial charge in [-0.3, -0.25) is 4.79 Å². The van der Waals surface area contributed by atoms with E-state index in [9.17, 15) is 4.79 Å². The van der Waals surface area contributed by atoms with Gasteiger partial charge in [-0.2, -0.15) is 0 Å². The minimum atomic E-state index is -0.924. The number of nitrogens with zero attached hydrogens (tertiary/aromatic N) is 1. The summed E-state index contributed by atoms with van der Waals surface area (Å²) in [5.74, 6) is 0.393. The zero-order chi connectivity index (χ0) is 13.2. The van der Waals surface area contributed by atoms with Gasteiger partial charge < -0.3 is 10.3 Å². The molecule has 1 saturated heterocycles. The number of hydrogen-bond donors (Lipinski definition) is 1. The molecule has 1 heterocycles. The highest BCUT2D eigenvalue weighted by atomic mass is 28.3. The second-order valence-corrected chi connectivity index (χ2v) is 8.14. The van der Waals surface area contributed by atoms with Crippen LogP contribution in [-0.2, 0) is 9.32 Å². The second-order valence-electron chi connectivity index (χ2n) is 6.15. The lowest BCUT2D eigenvalue weighted by Gasteiger charge is -2.33. The molecule has 99 valence electrons. The number of hydrogen-bond acceptors (Lipinski definition) is 3. The summed E-state index contributed by atoms with van der Waals surface area (Å²) in [5, 5.41) is 1.53. The van der Waals surface area contributed by atoms with Crippen LogP contribution >= 0.6 is 0 Å². The van der Waals surface area contributed by atoms with Crippen molar-refractivity contribution in [2.24, 2.45) is 17.1 Å². The maximum Gasteiger partial charge on any atom is 0.262 e. The van der Waals surface area contributed by atoms with Gasteiger partial charge in [-0.05, 0) is 37.3 Å². The third-order valence-corrected chi connectivity index (χ3v) is 3.88. The second kappa shape index (κ2) is 5.50. The van der Waals surface area contributed by atoms with Crippen LogP contribution in [0.2, 0.25) is 13.1 Å². The van der Waals surface area contributed by atoms with E-state index in [0.717, 1.165) is 12.8 Å². The lowest BCUT2D eigenvalue weighted by Crippen LogP contribution is -2.45. The Hall–Kier alpha value is -0.393. The lowest BCUT2D eigenvalue weighted by molar-refractivity contribution is -0.161. The third-order valence-electron chi connectivity index (χ3n) is 3.29. The highest BCUT2D eigenvalue weighted by Crippen LogP contribution is 2.33. The molecule has 0 unspecified atom stereocenters. The smallest absolute Gasteiger partial charge is 0.262 e. The van der Waals surface area contributed by atoms with E-state index in [2.05, 4.69) is 20.8 Å². The predicted molar refractivity (Wildman–Crippen MR) is 70.4 cm³/mol. The molecule has 1 rings (SSSR count). The Bertz CT molecular complexity index is 276. The van der Waals surface area contributed by atoms with Crippen molar-refractivity contribution in [1.82, 2.24) is 5.06 Å². The van der Waals surface area contributed by atoms with Crippen LogP contribution in [0.5, 0.6) is 0 Å². The zero-order valence-electron chi connectivity index (χ0n) is 11.6. The van der Waals surface area contributed by atoms with Gasteiger partial charge in [0.1, 0.15) is 0 Å². The van der Waals surface area contributed by atoms with Crippen LogP contribution in [0.15, 0.2) is 0 Å². The maximum absolute atomic E-state index is 12.0. The molecule has 17 heavy (non-hydrogen) atoms. The van der Waals surface area contributed by atoms with E-state index >= 15 is 0 Å². The van der Waals surface area contributed by atoms with Crippen molar-refractivity contribution in [2.75, 3.05) is 6.54 Å². The van der Waals surface area contributed by atoms with E-state index in [1.165, 1.54) is 5.06 Å². The highest BCUT2D eigenvalue weighted by molar-refractivity contribution is 6.48. The molecule has 0 saturated carbocycles. The van der Waals surface area contributed by atoms with Crippen LogP contribution < -0.4 is 5.73 Å². The molecule has 2 N–H and O–H groups in total. The summed E-state index contributed by atoms with van der Waals surface area (Å²) in [5.41, 5.74) is 6.07. The van der Waals surface area contributed by atoms with Crippen molar-refractivity contribution < 1.29 is 9.32 Å². The zero-order valence-corrected chi connectivity index (χ0v) is 12.6. The molecule has 1 aliphatic rings. The average molecular weight is 257 g/mol. The van der Waals surface area contributed by atoms with Gasteiger partial charge in [0.2, 0.25) is 9.04 Å².